The monoisotopic (exact) mass is 314 g/mol. The molecule has 124 valence electrons. The second kappa shape index (κ2) is 8.53. The number of hydrogen-bond acceptors (Lipinski definition) is 2. The summed E-state index contributed by atoms with van der Waals surface area (Å²) in [6.45, 7) is 4.75. The Morgan fingerprint density at radius 1 is 1.09 bits per heavy atom. The van der Waals surface area contributed by atoms with E-state index in [1.54, 1.807) is 0 Å². The number of carbonyl (C=O) groups is 1. The summed E-state index contributed by atoms with van der Waals surface area (Å²) in [5.74, 6) is 0.0363. The average Bonchev–Trinajstić information content (AvgIpc) is 2.89. The average molecular weight is 314 g/mol. The van der Waals surface area contributed by atoms with Gasteiger partial charge in [0.05, 0.1) is 0 Å². The van der Waals surface area contributed by atoms with Gasteiger partial charge in [-0.05, 0) is 50.8 Å². The Hall–Kier alpha value is -2.07. The molecule has 0 fully saturated rings. The number of aliphatic hydroxyl groups excluding tert-OH is 1. The molecule has 2 N–H and O–H groups in total. The van der Waals surface area contributed by atoms with Crippen LogP contribution in [0.4, 0.5) is 0 Å². The molecule has 1 atom stereocenters. The first kappa shape index (κ1) is 17.3. The lowest BCUT2D eigenvalue weighted by Gasteiger charge is -2.22. The molecule has 0 radical (unpaired) electrons. The minimum atomic E-state index is -0.222. The van der Waals surface area contributed by atoms with Crippen LogP contribution in [0.5, 0.6) is 0 Å². The molecule has 0 bridgehead atoms. The molecule has 2 rings (SSSR count). The Kier molecular flexibility index (Phi) is 6.41. The summed E-state index contributed by atoms with van der Waals surface area (Å²) in [5, 5.41) is 12.0. The normalized spacial score (nSPS) is 12.1. The summed E-state index contributed by atoms with van der Waals surface area (Å²) < 4.78 is 2.09. The van der Waals surface area contributed by atoms with Gasteiger partial charge < -0.3 is 15.0 Å². The van der Waals surface area contributed by atoms with Crippen LogP contribution in [0.15, 0.2) is 42.5 Å². The van der Waals surface area contributed by atoms with Crippen LogP contribution in [-0.4, -0.2) is 22.2 Å². The quantitative estimate of drug-likeness (QED) is 0.736. The predicted molar refractivity (Wildman–Crippen MR) is 92.2 cm³/mol. The largest absolute Gasteiger partial charge is 0.396 e. The van der Waals surface area contributed by atoms with Gasteiger partial charge in [0, 0.05) is 24.5 Å². The van der Waals surface area contributed by atoms with E-state index in [4.69, 9.17) is 5.11 Å². The lowest BCUT2D eigenvalue weighted by molar-refractivity contribution is -0.124. The molecule has 1 unspecified atom stereocenters. The molecule has 0 aliphatic carbocycles. The van der Waals surface area contributed by atoms with Gasteiger partial charge in [-0.2, -0.15) is 0 Å². The van der Waals surface area contributed by atoms with Crippen molar-refractivity contribution in [2.24, 2.45) is 0 Å². The highest BCUT2D eigenvalue weighted by molar-refractivity contribution is 5.80. The number of rotatable bonds is 8. The number of aryl methyl sites for hydroxylation is 2. The zero-order chi connectivity index (χ0) is 16.7. The number of hydrogen-bond donors (Lipinski definition) is 2. The molecule has 4 nitrogen and oxygen atoms in total. The van der Waals surface area contributed by atoms with Gasteiger partial charge in [0.15, 0.2) is 0 Å². The summed E-state index contributed by atoms with van der Waals surface area (Å²) in [4.78, 5) is 12.7. The molecule has 0 saturated heterocycles. The van der Waals surface area contributed by atoms with Crippen LogP contribution in [0.2, 0.25) is 0 Å². The van der Waals surface area contributed by atoms with Crippen LogP contribution in [0, 0.1) is 13.8 Å². The molecule has 23 heavy (non-hydrogen) atoms. The van der Waals surface area contributed by atoms with E-state index in [0.717, 1.165) is 36.2 Å². The Morgan fingerprint density at radius 3 is 2.35 bits per heavy atom. The topological polar surface area (TPSA) is 54.3 Å². The van der Waals surface area contributed by atoms with Gasteiger partial charge in [0.1, 0.15) is 6.04 Å². The number of unbranched alkanes of at least 4 members (excludes halogenated alkanes) is 1. The number of carbonyl (C=O) groups excluding carboxylic acids is 1. The van der Waals surface area contributed by atoms with E-state index in [9.17, 15) is 4.79 Å². The highest BCUT2D eigenvalue weighted by Crippen LogP contribution is 2.21. The fourth-order valence-electron chi connectivity index (χ4n) is 2.90. The van der Waals surface area contributed by atoms with Crippen LogP contribution in [0.1, 0.15) is 42.3 Å². The van der Waals surface area contributed by atoms with Crippen LogP contribution >= 0.6 is 0 Å². The van der Waals surface area contributed by atoms with E-state index in [1.165, 1.54) is 0 Å². The van der Waals surface area contributed by atoms with Gasteiger partial charge in [-0.15, -0.1) is 0 Å². The van der Waals surface area contributed by atoms with Crippen molar-refractivity contribution in [3.05, 3.63) is 59.4 Å². The number of aromatic nitrogens is 1. The first-order valence-corrected chi connectivity index (χ1v) is 8.20. The molecule has 1 aromatic carbocycles. The van der Waals surface area contributed by atoms with E-state index in [0.29, 0.717) is 6.54 Å². The summed E-state index contributed by atoms with van der Waals surface area (Å²) in [5.41, 5.74) is 3.27. The molecule has 0 saturated carbocycles. The van der Waals surface area contributed by atoms with Gasteiger partial charge in [-0.25, -0.2) is 0 Å². The number of aliphatic hydroxyl groups is 1. The van der Waals surface area contributed by atoms with Gasteiger partial charge in [-0.3, -0.25) is 4.79 Å². The van der Waals surface area contributed by atoms with E-state index >= 15 is 0 Å². The second-order valence-electron chi connectivity index (χ2n) is 5.92. The van der Waals surface area contributed by atoms with Crippen LogP contribution in [0.3, 0.4) is 0 Å². The third-order valence-corrected chi connectivity index (χ3v) is 4.14. The Morgan fingerprint density at radius 2 is 1.74 bits per heavy atom. The van der Waals surface area contributed by atoms with Crippen molar-refractivity contribution in [1.29, 1.82) is 0 Å². The Labute approximate surface area is 138 Å². The van der Waals surface area contributed by atoms with Crippen molar-refractivity contribution in [3.63, 3.8) is 0 Å². The maximum absolute atomic E-state index is 12.7. The van der Waals surface area contributed by atoms with Gasteiger partial charge in [0.25, 0.3) is 0 Å². The van der Waals surface area contributed by atoms with E-state index in [2.05, 4.69) is 9.88 Å². The first-order chi connectivity index (χ1) is 11.1. The Balaban J connectivity index is 2.08. The predicted octanol–water partition coefficient (Wildman–Crippen LogP) is 3.13. The fraction of sp³-hybridized carbons (Fsp3) is 0.421. The minimum Gasteiger partial charge on any atom is -0.396 e. The summed E-state index contributed by atoms with van der Waals surface area (Å²) >= 11 is 0. The number of benzene rings is 1. The van der Waals surface area contributed by atoms with Crippen molar-refractivity contribution < 1.29 is 9.90 Å². The van der Waals surface area contributed by atoms with E-state index in [1.807, 2.05) is 56.3 Å². The van der Waals surface area contributed by atoms with Crippen molar-refractivity contribution in [2.75, 3.05) is 6.61 Å². The van der Waals surface area contributed by atoms with Gasteiger partial charge in [-0.1, -0.05) is 30.3 Å². The van der Waals surface area contributed by atoms with Crippen LogP contribution in [-0.2, 0) is 11.3 Å². The SMILES string of the molecule is Cc1ccc(C)n1C(CCCCO)C(=O)NCc1ccccc1. The lowest BCUT2D eigenvalue weighted by atomic mass is 10.1. The van der Waals surface area contributed by atoms with E-state index < -0.39 is 0 Å². The maximum atomic E-state index is 12.7. The summed E-state index contributed by atoms with van der Waals surface area (Å²) in [7, 11) is 0. The summed E-state index contributed by atoms with van der Waals surface area (Å²) in [6, 6.07) is 13.8. The summed E-state index contributed by atoms with van der Waals surface area (Å²) in [6.07, 6.45) is 2.29. The Bertz CT molecular complexity index is 600. The molecular weight excluding hydrogens is 288 g/mol. The third-order valence-electron chi connectivity index (χ3n) is 4.14. The van der Waals surface area contributed by atoms with Crippen LogP contribution in [0.25, 0.3) is 0 Å². The standard InChI is InChI=1S/C19H26N2O2/c1-15-11-12-16(2)21(15)18(10-6-7-13-22)19(23)20-14-17-8-4-3-5-9-17/h3-5,8-9,11-12,18,22H,6-7,10,13-14H2,1-2H3,(H,20,23). The van der Waals surface area contributed by atoms with Crippen molar-refractivity contribution >= 4 is 5.91 Å². The zero-order valence-corrected chi connectivity index (χ0v) is 14.0. The second-order valence-corrected chi connectivity index (χ2v) is 5.92. The number of amides is 1. The molecular formula is C19H26N2O2. The molecule has 4 heteroatoms. The minimum absolute atomic E-state index is 0.0363. The molecule has 0 spiro atoms. The van der Waals surface area contributed by atoms with Gasteiger partial charge in [0.2, 0.25) is 5.91 Å². The zero-order valence-electron chi connectivity index (χ0n) is 14.0. The highest BCUT2D eigenvalue weighted by Gasteiger charge is 2.22. The highest BCUT2D eigenvalue weighted by atomic mass is 16.2. The maximum Gasteiger partial charge on any atom is 0.243 e. The van der Waals surface area contributed by atoms with Crippen molar-refractivity contribution in [2.45, 2.75) is 45.7 Å². The smallest absolute Gasteiger partial charge is 0.243 e. The molecule has 0 aliphatic rings. The molecule has 1 heterocycles. The van der Waals surface area contributed by atoms with Gasteiger partial charge >= 0.3 is 0 Å². The first-order valence-electron chi connectivity index (χ1n) is 8.20. The van der Waals surface area contributed by atoms with E-state index in [-0.39, 0.29) is 18.6 Å². The van der Waals surface area contributed by atoms with Crippen LogP contribution < -0.4 is 5.32 Å². The lowest BCUT2D eigenvalue weighted by Crippen LogP contribution is -2.33. The third kappa shape index (κ3) is 4.70. The molecule has 2 aromatic rings. The fourth-order valence-corrected chi connectivity index (χ4v) is 2.90. The van der Waals surface area contributed by atoms with Crippen molar-refractivity contribution in [3.8, 4) is 0 Å². The molecule has 1 amide bonds. The van der Waals surface area contributed by atoms with Crippen molar-refractivity contribution in [1.82, 2.24) is 9.88 Å². The number of nitrogens with one attached hydrogen (secondary N) is 1. The molecule has 1 aromatic heterocycles. The number of nitrogens with zero attached hydrogens (tertiary/aromatic N) is 1. The molecule has 0 aliphatic heterocycles.